The molecule has 1 aliphatic heterocycles. The number of nitrogens with one attached hydrogen (secondary N) is 1. The Kier molecular flexibility index (Phi) is 6.49. The Morgan fingerprint density at radius 1 is 1.39 bits per heavy atom. The molecule has 1 aliphatic rings. The molecule has 1 unspecified atom stereocenters. The molecule has 1 heterocycles. The summed E-state index contributed by atoms with van der Waals surface area (Å²) in [6.07, 6.45) is 0.142. The highest BCUT2D eigenvalue weighted by Crippen LogP contribution is 2.27. The van der Waals surface area contributed by atoms with E-state index in [-0.39, 0.29) is 6.10 Å². The molecular formula is C16H26N4O3. The predicted molar refractivity (Wildman–Crippen MR) is 90.1 cm³/mol. The molecule has 1 aromatic carbocycles. The van der Waals surface area contributed by atoms with Crippen molar-refractivity contribution in [2.75, 3.05) is 47.5 Å². The summed E-state index contributed by atoms with van der Waals surface area (Å²) < 4.78 is 16.2. The summed E-state index contributed by atoms with van der Waals surface area (Å²) in [7, 11) is 5.31. The van der Waals surface area contributed by atoms with E-state index in [0.29, 0.717) is 30.5 Å². The Bertz CT molecular complexity index is 536. The van der Waals surface area contributed by atoms with Crippen molar-refractivity contribution in [2.24, 2.45) is 10.7 Å². The molecular weight excluding hydrogens is 296 g/mol. The molecule has 0 bridgehead atoms. The van der Waals surface area contributed by atoms with Gasteiger partial charge in [-0.25, -0.2) is 4.99 Å². The Labute approximate surface area is 137 Å². The maximum atomic E-state index is 5.91. The minimum absolute atomic E-state index is 0.142. The average molecular weight is 322 g/mol. The Morgan fingerprint density at radius 3 is 2.87 bits per heavy atom. The van der Waals surface area contributed by atoms with Crippen LogP contribution in [0.15, 0.2) is 23.2 Å². The fourth-order valence-corrected chi connectivity index (χ4v) is 2.42. The van der Waals surface area contributed by atoms with Crippen LogP contribution in [-0.4, -0.2) is 64.5 Å². The van der Waals surface area contributed by atoms with Crippen molar-refractivity contribution in [3.63, 3.8) is 0 Å². The van der Waals surface area contributed by atoms with Gasteiger partial charge in [-0.3, -0.25) is 0 Å². The summed E-state index contributed by atoms with van der Waals surface area (Å²) in [5, 5.41) is 3.11. The van der Waals surface area contributed by atoms with Gasteiger partial charge in [-0.1, -0.05) is 6.07 Å². The molecule has 0 aromatic heterocycles. The quantitative estimate of drug-likeness (QED) is 0.584. The lowest BCUT2D eigenvalue weighted by atomic mass is 10.2. The first-order chi connectivity index (χ1) is 11.1. The molecule has 3 N–H and O–H groups in total. The van der Waals surface area contributed by atoms with Gasteiger partial charge in [-0.15, -0.1) is 0 Å². The summed E-state index contributed by atoms with van der Waals surface area (Å²) in [6, 6.07) is 5.70. The minimum atomic E-state index is 0.142. The second-order valence-corrected chi connectivity index (χ2v) is 5.53. The second-order valence-electron chi connectivity index (χ2n) is 5.53. The Balaban J connectivity index is 1.84. The zero-order chi connectivity index (χ0) is 16.7. The largest absolute Gasteiger partial charge is 0.493 e. The molecule has 7 nitrogen and oxygen atoms in total. The lowest BCUT2D eigenvalue weighted by Crippen LogP contribution is -2.47. The van der Waals surface area contributed by atoms with Gasteiger partial charge in [0.1, 0.15) is 0 Å². The second kappa shape index (κ2) is 8.59. The number of nitrogens with zero attached hydrogens (tertiary/aromatic N) is 2. The normalized spacial score (nSPS) is 19.4. The van der Waals surface area contributed by atoms with Gasteiger partial charge in [-0.05, 0) is 24.7 Å². The zero-order valence-electron chi connectivity index (χ0n) is 14.0. The SMILES string of the molecule is COc1ccc(CN=C(N)NCC2CN(C)CCO2)cc1OC. The van der Waals surface area contributed by atoms with Crippen LogP contribution in [0.4, 0.5) is 0 Å². The van der Waals surface area contributed by atoms with E-state index in [0.717, 1.165) is 25.3 Å². The van der Waals surface area contributed by atoms with Gasteiger partial charge in [0.15, 0.2) is 17.5 Å². The number of hydrogen-bond donors (Lipinski definition) is 2. The number of aliphatic imine (C=N–C) groups is 1. The van der Waals surface area contributed by atoms with Crippen molar-refractivity contribution >= 4 is 5.96 Å². The number of methoxy groups -OCH3 is 2. The first-order valence-corrected chi connectivity index (χ1v) is 7.67. The number of rotatable bonds is 6. The molecule has 7 heteroatoms. The molecule has 1 fully saturated rings. The Morgan fingerprint density at radius 2 is 2.17 bits per heavy atom. The average Bonchev–Trinajstić information content (AvgIpc) is 2.57. The highest BCUT2D eigenvalue weighted by atomic mass is 16.5. The molecule has 23 heavy (non-hydrogen) atoms. The van der Waals surface area contributed by atoms with Crippen molar-refractivity contribution in [1.29, 1.82) is 0 Å². The van der Waals surface area contributed by atoms with E-state index in [9.17, 15) is 0 Å². The zero-order valence-corrected chi connectivity index (χ0v) is 14.0. The van der Waals surface area contributed by atoms with Gasteiger partial charge < -0.3 is 30.2 Å². The molecule has 0 spiro atoms. The van der Waals surface area contributed by atoms with Crippen LogP contribution in [0.1, 0.15) is 5.56 Å². The molecule has 0 amide bonds. The maximum Gasteiger partial charge on any atom is 0.189 e. The van der Waals surface area contributed by atoms with Crippen LogP contribution in [0.3, 0.4) is 0 Å². The van der Waals surface area contributed by atoms with E-state index in [1.165, 1.54) is 0 Å². The van der Waals surface area contributed by atoms with Gasteiger partial charge in [0, 0.05) is 19.6 Å². The van der Waals surface area contributed by atoms with Gasteiger partial charge in [-0.2, -0.15) is 0 Å². The summed E-state index contributed by atoms with van der Waals surface area (Å²) in [4.78, 5) is 6.59. The summed E-state index contributed by atoms with van der Waals surface area (Å²) >= 11 is 0. The van der Waals surface area contributed by atoms with E-state index in [2.05, 4.69) is 22.3 Å². The highest BCUT2D eigenvalue weighted by molar-refractivity contribution is 5.77. The number of guanidine groups is 1. The summed E-state index contributed by atoms with van der Waals surface area (Å²) in [5.41, 5.74) is 6.91. The molecule has 1 aromatic rings. The van der Waals surface area contributed by atoms with Gasteiger partial charge in [0.05, 0.1) is 33.5 Å². The first-order valence-electron chi connectivity index (χ1n) is 7.67. The number of morpholine rings is 1. The molecule has 1 saturated heterocycles. The van der Waals surface area contributed by atoms with E-state index in [1.54, 1.807) is 14.2 Å². The molecule has 1 atom stereocenters. The number of benzene rings is 1. The van der Waals surface area contributed by atoms with Crippen molar-refractivity contribution in [3.05, 3.63) is 23.8 Å². The number of hydrogen-bond acceptors (Lipinski definition) is 5. The highest BCUT2D eigenvalue weighted by Gasteiger charge is 2.17. The third-order valence-corrected chi connectivity index (χ3v) is 3.73. The van der Waals surface area contributed by atoms with Crippen LogP contribution in [0.2, 0.25) is 0 Å². The van der Waals surface area contributed by atoms with E-state index < -0.39 is 0 Å². The van der Waals surface area contributed by atoms with Crippen molar-refractivity contribution < 1.29 is 14.2 Å². The summed E-state index contributed by atoms with van der Waals surface area (Å²) in [5.74, 6) is 1.80. The first kappa shape index (κ1) is 17.4. The smallest absolute Gasteiger partial charge is 0.189 e. The molecule has 0 saturated carbocycles. The van der Waals surface area contributed by atoms with Crippen molar-refractivity contribution in [1.82, 2.24) is 10.2 Å². The van der Waals surface area contributed by atoms with Crippen LogP contribution in [0.25, 0.3) is 0 Å². The molecule has 0 aliphatic carbocycles. The van der Waals surface area contributed by atoms with Crippen LogP contribution < -0.4 is 20.5 Å². The van der Waals surface area contributed by atoms with Gasteiger partial charge in [0.25, 0.3) is 0 Å². The lowest BCUT2D eigenvalue weighted by Gasteiger charge is -2.30. The van der Waals surface area contributed by atoms with E-state index in [4.69, 9.17) is 19.9 Å². The number of ether oxygens (including phenoxy) is 3. The number of likely N-dealkylation sites (N-methyl/N-ethyl adjacent to an activating group) is 1. The van der Waals surface area contributed by atoms with Crippen LogP contribution >= 0.6 is 0 Å². The maximum absolute atomic E-state index is 5.91. The monoisotopic (exact) mass is 322 g/mol. The third kappa shape index (κ3) is 5.30. The fourth-order valence-electron chi connectivity index (χ4n) is 2.42. The third-order valence-electron chi connectivity index (χ3n) is 3.73. The fraction of sp³-hybridized carbons (Fsp3) is 0.562. The molecule has 2 rings (SSSR count). The van der Waals surface area contributed by atoms with Crippen molar-refractivity contribution in [3.8, 4) is 11.5 Å². The van der Waals surface area contributed by atoms with Crippen molar-refractivity contribution in [2.45, 2.75) is 12.6 Å². The van der Waals surface area contributed by atoms with Crippen LogP contribution in [0, 0.1) is 0 Å². The van der Waals surface area contributed by atoms with E-state index in [1.807, 2.05) is 18.2 Å². The predicted octanol–water partition coefficient (Wildman–Crippen LogP) is 0.439. The number of nitrogens with two attached hydrogens (primary N) is 1. The minimum Gasteiger partial charge on any atom is -0.493 e. The van der Waals surface area contributed by atoms with Gasteiger partial charge >= 0.3 is 0 Å². The van der Waals surface area contributed by atoms with Crippen LogP contribution in [0.5, 0.6) is 11.5 Å². The molecule has 128 valence electrons. The van der Waals surface area contributed by atoms with E-state index >= 15 is 0 Å². The Hall–Kier alpha value is -1.99. The molecule has 0 radical (unpaired) electrons. The topological polar surface area (TPSA) is 81.3 Å². The van der Waals surface area contributed by atoms with Gasteiger partial charge in [0.2, 0.25) is 0 Å². The lowest BCUT2D eigenvalue weighted by molar-refractivity contribution is -0.0160. The standard InChI is InChI=1S/C16H26N4O3/c1-20-6-7-23-13(11-20)10-19-16(17)18-9-12-4-5-14(21-2)15(8-12)22-3/h4-5,8,13H,6-7,9-11H2,1-3H3,(H3,17,18,19). The summed E-state index contributed by atoms with van der Waals surface area (Å²) in [6.45, 7) is 3.76. The van der Waals surface area contributed by atoms with Crippen LogP contribution in [-0.2, 0) is 11.3 Å².